The molecule has 2 amide bonds. The Hall–Kier alpha value is -3.02. The molecule has 0 radical (unpaired) electrons. The number of amides is 2. The van der Waals surface area contributed by atoms with Crippen LogP contribution in [-0.4, -0.2) is 38.6 Å². The molecule has 0 heterocycles. The molecule has 0 atom stereocenters. The molecule has 0 saturated heterocycles. The number of benzene rings is 2. The van der Waals surface area contributed by atoms with Crippen LogP contribution >= 0.6 is 0 Å². The molecule has 132 valence electrons. The van der Waals surface area contributed by atoms with Gasteiger partial charge in [-0.2, -0.15) is 0 Å². The van der Waals surface area contributed by atoms with Crippen molar-refractivity contribution in [3.8, 4) is 11.5 Å². The second kappa shape index (κ2) is 9.32. The SMILES string of the molecule is COc1ccc(OCCNC(=O)CNC(=O)c2ccccc2C)cc1. The predicted molar refractivity (Wildman–Crippen MR) is 95.0 cm³/mol. The maximum absolute atomic E-state index is 12.0. The number of methoxy groups -OCH3 is 1. The van der Waals surface area contributed by atoms with Crippen LogP contribution in [-0.2, 0) is 4.79 Å². The molecule has 0 aliphatic carbocycles. The number of hydrogen-bond donors (Lipinski definition) is 2. The molecule has 0 aromatic heterocycles. The lowest BCUT2D eigenvalue weighted by Gasteiger charge is -2.10. The molecule has 0 aliphatic rings. The highest BCUT2D eigenvalue weighted by atomic mass is 16.5. The van der Waals surface area contributed by atoms with Crippen molar-refractivity contribution in [2.75, 3.05) is 26.8 Å². The van der Waals surface area contributed by atoms with Gasteiger partial charge in [-0.1, -0.05) is 18.2 Å². The Morgan fingerprint density at radius 3 is 2.32 bits per heavy atom. The highest BCUT2D eigenvalue weighted by molar-refractivity contribution is 5.97. The molecule has 6 nitrogen and oxygen atoms in total. The third kappa shape index (κ3) is 5.84. The van der Waals surface area contributed by atoms with E-state index in [1.54, 1.807) is 43.5 Å². The minimum absolute atomic E-state index is 0.0737. The monoisotopic (exact) mass is 342 g/mol. The number of carbonyl (C=O) groups excluding carboxylic acids is 2. The molecule has 0 saturated carbocycles. The number of hydrogen-bond acceptors (Lipinski definition) is 4. The average molecular weight is 342 g/mol. The standard InChI is InChI=1S/C19H22N2O4/c1-14-5-3-4-6-17(14)19(23)21-13-18(22)20-11-12-25-16-9-7-15(24-2)8-10-16/h3-10H,11-13H2,1-2H3,(H,20,22)(H,21,23). The van der Waals surface area contributed by atoms with Gasteiger partial charge in [-0.05, 0) is 42.8 Å². The van der Waals surface area contributed by atoms with Crippen molar-refractivity contribution in [3.63, 3.8) is 0 Å². The summed E-state index contributed by atoms with van der Waals surface area (Å²) in [5, 5.41) is 5.30. The number of carbonyl (C=O) groups is 2. The summed E-state index contributed by atoms with van der Waals surface area (Å²) in [6.45, 7) is 2.47. The highest BCUT2D eigenvalue weighted by Gasteiger charge is 2.09. The number of rotatable bonds is 8. The first-order chi connectivity index (χ1) is 12.1. The van der Waals surface area contributed by atoms with Gasteiger partial charge in [0, 0.05) is 5.56 Å². The molecule has 2 N–H and O–H groups in total. The van der Waals surface area contributed by atoms with Crippen LogP contribution in [0.25, 0.3) is 0 Å². The lowest BCUT2D eigenvalue weighted by Crippen LogP contribution is -2.38. The van der Waals surface area contributed by atoms with Crippen molar-refractivity contribution in [1.82, 2.24) is 10.6 Å². The molecule has 2 aromatic rings. The summed E-state index contributed by atoms with van der Waals surface area (Å²) in [5.41, 5.74) is 1.44. The van der Waals surface area contributed by atoms with Crippen LogP contribution in [0, 0.1) is 6.92 Å². The fourth-order valence-electron chi connectivity index (χ4n) is 2.18. The summed E-state index contributed by atoms with van der Waals surface area (Å²) >= 11 is 0. The minimum atomic E-state index is -0.264. The van der Waals surface area contributed by atoms with Crippen molar-refractivity contribution in [1.29, 1.82) is 0 Å². The third-order valence-corrected chi connectivity index (χ3v) is 3.55. The van der Waals surface area contributed by atoms with Crippen LogP contribution in [0.3, 0.4) is 0 Å². The van der Waals surface area contributed by atoms with Crippen LogP contribution in [0.15, 0.2) is 48.5 Å². The van der Waals surface area contributed by atoms with Crippen LogP contribution in [0.2, 0.25) is 0 Å². The van der Waals surface area contributed by atoms with E-state index in [1.807, 2.05) is 19.1 Å². The van der Waals surface area contributed by atoms with E-state index in [1.165, 1.54) is 0 Å². The maximum atomic E-state index is 12.0. The smallest absolute Gasteiger partial charge is 0.251 e. The van der Waals surface area contributed by atoms with Crippen molar-refractivity contribution >= 4 is 11.8 Å². The van der Waals surface area contributed by atoms with E-state index in [9.17, 15) is 9.59 Å². The minimum Gasteiger partial charge on any atom is -0.497 e. The lowest BCUT2D eigenvalue weighted by molar-refractivity contribution is -0.120. The predicted octanol–water partition coefficient (Wildman–Crippen LogP) is 1.93. The summed E-state index contributed by atoms with van der Waals surface area (Å²) in [6.07, 6.45) is 0. The van der Waals surface area contributed by atoms with Gasteiger partial charge in [-0.25, -0.2) is 0 Å². The van der Waals surface area contributed by atoms with Crippen LogP contribution < -0.4 is 20.1 Å². The second-order valence-electron chi connectivity index (χ2n) is 5.37. The van der Waals surface area contributed by atoms with Crippen molar-refractivity contribution in [2.45, 2.75) is 6.92 Å². The zero-order chi connectivity index (χ0) is 18.1. The van der Waals surface area contributed by atoms with E-state index >= 15 is 0 Å². The Morgan fingerprint density at radius 1 is 0.960 bits per heavy atom. The zero-order valence-electron chi connectivity index (χ0n) is 14.4. The molecule has 2 aromatic carbocycles. The van der Waals surface area contributed by atoms with Gasteiger partial charge in [-0.3, -0.25) is 9.59 Å². The van der Waals surface area contributed by atoms with Gasteiger partial charge >= 0.3 is 0 Å². The van der Waals surface area contributed by atoms with Gasteiger partial charge in [0.05, 0.1) is 20.2 Å². The van der Waals surface area contributed by atoms with Crippen molar-refractivity contribution < 1.29 is 19.1 Å². The van der Waals surface area contributed by atoms with E-state index < -0.39 is 0 Å². The molecule has 0 spiro atoms. The summed E-state index contributed by atoms with van der Waals surface area (Å²) < 4.78 is 10.6. The molecule has 2 rings (SSSR count). The Labute approximate surface area is 147 Å². The fourth-order valence-corrected chi connectivity index (χ4v) is 2.18. The Morgan fingerprint density at radius 2 is 1.64 bits per heavy atom. The molecule has 0 unspecified atom stereocenters. The summed E-state index contributed by atoms with van der Waals surface area (Å²) in [4.78, 5) is 23.8. The van der Waals surface area contributed by atoms with Crippen molar-refractivity contribution in [2.24, 2.45) is 0 Å². The first kappa shape index (κ1) is 18.3. The van der Waals surface area contributed by atoms with E-state index in [0.29, 0.717) is 24.5 Å². The molecule has 6 heteroatoms. The number of aryl methyl sites for hydroxylation is 1. The zero-order valence-corrected chi connectivity index (χ0v) is 14.4. The fraction of sp³-hybridized carbons (Fsp3) is 0.263. The van der Waals surface area contributed by atoms with Crippen LogP contribution in [0.4, 0.5) is 0 Å². The van der Waals surface area contributed by atoms with E-state index in [0.717, 1.165) is 11.3 Å². The quantitative estimate of drug-likeness (QED) is 0.719. The molecule has 0 fully saturated rings. The summed E-state index contributed by atoms with van der Waals surface area (Å²) in [5.74, 6) is 0.927. The first-order valence-electron chi connectivity index (χ1n) is 7.97. The normalized spacial score (nSPS) is 10.0. The van der Waals surface area contributed by atoms with Crippen LogP contribution in [0.5, 0.6) is 11.5 Å². The number of nitrogens with one attached hydrogen (secondary N) is 2. The third-order valence-electron chi connectivity index (χ3n) is 3.55. The first-order valence-corrected chi connectivity index (χ1v) is 7.97. The van der Waals surface area contributed by atoms with E-state index in [2.05, 4.69) is 10.6 Å². The van der Waals surface area contributed by atoms with E-state index in [-0.39, 0.29) is 18.4 Å². The molecule has 25 heavy (non-hydrogen) atoms. The van der Waals surface area contributed by atoms with Gasteiger partial charge in [0.2, 0.25) is 5.91 Å². The Balaban J connectivity index is 1.65. The van der Waals surface area contributed by atoms with Gasteiger partial charge in [0.1, 0.15) is 18.1 Å². The highest BCUT2D eigenvalue weighted by Crippen LogP contribution is 2.16. The summed E-state index contributed by atoms with van der Waals surface area (Å²) in [7, 11) is 1.60. The second-order valence-corrected chi connectivity index (χ2v) is 5.37. The molecule has 0 aliphatic heterocycles. The Bertz CT molecular complexity index is 714. The van der Waals surface area contributed by atoms with E-state index in [4.69, 9.17) is 9.47 Å². The molecular weight excluding hydrogens is 320 g/mol. The van der Waals surface area contributed by atoms with Gasteiger partial charge in [0.25, 0.3) is 5.91 Å². The van der Waals surface area contributed by atoms with Crippen molar-refractivity contribution in [3.05, 3.63) is 59.7 Å². The molecule has 0 bridgehead atoms. The topological polar surface area (TPSA) is 76.7 Å². The lowest BCUT2D eigenvalue weighted by atomic mass is 10.1. The average Bonchev–Trinajstić information content (AvgIpc) is 2.64. The Kier molecular flexibility index (Phi) is 6.83. The van der Waals surface area contributed by atoms with Gasteiger partial charge in [-0.15, -0.1) is 0 Å². The maximum Gasteiger partial charge on any atom is 0.251 e. The van der Waals surface area contributed by atoms with Gasteiger partial charge < -0.3 is 20.1 Å². The number of ether oxygens (including phenoxy) is 2. The van der Waals surface area contributed by atoms with Gasteiger partial charge in [0.15, 0.2) is 0 Å². The molecular formula is C19H22N2O4. The summed E-state index contributed by atoms with van der Waals surface area (Å²) in [6, 6.07) is 14.4. The largest absolute Gasteiger partial charge is 0.497 e. The van der Waals surface area contributed by atoms with Crippen LogP contribution in [0.1, 0.15) is 15.9 Å².